The number of halogens is 1. The van der Waals surface area contributed by atoms with Gasteiger partial charge in [0.25, 0.3) is 0 Å². The molecule has 0 saturated heterocycles. The Hall–Kier alpha value is -1.20. The fourth-order valence-electron chi connectivity index (χ4n) is 2.08. The first-order valence-corrected chi connectivity index (χ1v) is 6.85. The Morgan fingerprint density at radius 3 is 2.39 bits per heavy atom. The molecule has 0 bridgehead atoms. The highest BCUT2D eigenvalue weighted by Crippen LogP contribution is 2.27. The predicted octanol–water partition coefficient (Wildman–Crippen LogP) is 4.51. The highest BCUT2D eigenvalue weighted by Gasteiger charge is 2.12. The van der Waals surface area contributed by atoms with E-state index >= 15 is 0 Å². The fraction of sp³-hybridized carbons (Fsp3) is 0.250. The Labute approximate surface area is 110 Å². The molecule has 2 atom stereocenters. The van der Waals surface area contributed by atoms with Gasteiger partial charge in [0, 0.05) is 5.56 Å². The third-order valence-electron chi connectivity index (χ3n) is 3.39. The van der Waals surface area contributed by atoms with Crippen LogP contribution >= 0.6 is 9.24 Å². The first-order chi connectivity index (χ1) is 8.63. The van der Waals surface area contributed by atoms with Crippen molar-refractivity contribution in [3.05, 3.63) is 53.8 Å². The van der Waals surface area contributed by atoms with Crippen molar-refractivity contribution < 1.29 is 4.39 Å². The van der Waals surface area contributed by atoms with Crippen LogP contribution in [0.1, 0.15) is 31.7 Å². The molecule has 0 aromatic heterocycles. The minimum Gasteiger partial charge on any atom is -0.206 e. The van der Waals surface area contributed by atoms with Crippen LogP contribution in [0.4, 0.5) is 4.39 Å². The third-order valence-corrected chi connectivity index (χ3v) is 3.84. The molecule has 0 radical (unpaired) electrons. The number of hydrogen-bond donors (Lipinski definition) is 0. The van der Waals surface area contributed by atoms with E-state index in [1.54, 1.807) is 6.07 Å². The van der Waals surface area contributed by atoms with E-state index in [2.05, 4.69) is 29.2 Å². The second kappa shape index (κ2) is 5.63. The van der Waals surface area contributed by atoms with E-state index in [0.717, 1.165) is 22.9 Å². The fourth-order valence-corrected chi connectivity index (χ4v) is 2.58. The summed E-state index contributed by atoms with van der Waals surface area (Å²) < 4.78 is 14.3. The van der Waals surface area contributed by atoms with Crippen molar-refractivity contribution in [3.63, 3.8) is 0 Å². The molecular weight excluding hydrogens is 242 g/mol. The van der Waals surface area contributed by atoms with E-state index in [-0.39, 0.29) is 5.82 Å². The molecule has 0 N–H and O–H groups in total. The van der Waals surface area contributed by atoms with Gasteiger partial charge in [-0.1, -0.05) is 50.2 Å². The minimum atomic E-state index is -0.135. The van der Waals surface area contributed by atoms with Crippen LogP contribution in [0.2, 0.25) is 0 Å². The molecule has 2 aromatic carbocycles. The highest BCUT2D eigenvalue weighted by atomic mass is 31.0. The zero-order valence-corrected chi connectivity index (χ0v) is 11.9. The molecule has 0 heterocycles. The maximum Gasteiger partial charge on any atom is 0.131 e. The molecule has 18 heavy (non-hydrogen) atoms. The highest BCUT2D eigenvalue weighted by molar-refractivity contribution is 7.28. The van der Waals surface area contributed by atoms with Gasteiger partial charge in [-0.2, -0.15) is 0 Å². The summed E-state index contributed by atoms with van der Waals surface area (Å²) in [5.74, 6) is 0.257. The molecule has 0 amide bonds. The summed E-state index contributed by atoms with van der Waals surface area (Å²) in [7, 11) is 2.65. The molecule has 2 rings (SSSR count). The normalized spacial score (nSPS) is 12.4. The van der Waals surface area contributed by atoms with Gasteiger partial charge in [0.2, 0.25) is 0 Å². The predicted molar refractivity (Wildman–Crippen MR) is 79.9 cm³/mol. The van der Waals surface area contributed by atoms with Crippen LogP contribution in [0.15, 0.2) is 42.5 Å². The molecule has 2 aromatic rings. The molecule has 94 valence electrons. The first-order valence-electron chi connectivity index (χ1n) is 6.27. The van der Waals surface area contributed by atoms with E-state index in [9.17, 15) is 4.39 Å². The summed E-state index contributed by atoms with van der Waals surface area (Å²) in [6.45, 7) is 4.25. The van der Waals surface area contributed by atoms with Gasteiger partial charge in [-0.3, -0.25) is 0 Å². The molecule has 0 saturated carbocycles. The quantitative estimate of drug-likeness (QED) is 0.712. The SMILES string of the molecule is CC[C@@H](C)c1cc(F)c(-c2ccccc2)c(P)c1. The Morgan fingerprint density at radius 1 is 1.17 bits per heavy atom. The lowest BCUT2D eigenvalue weighted by Gasteiger charge is -2.14. The monoisotopic (exact) mass is 260 g/mol. The van der Waals surface area contributed by atoms with Gasteiger partial charge in [-0.15, -0.1) is 9.24 Å². The molecule has 0 nitrogen and oxygen atoms in total. The minimum absolute atomic E-state index is 0.135. The zero-order chi connectivity index (χ0) is 13.1. The van der Waals surface area contributed by atoms with Crippen molar-refractivity contribution in [1.29, 1.82) is 0 Å². The van der Waals surface area contributed by atoms with Gasteiger partial charge in [0.1, 0.15) is 5.82 Å². The van der Waals surface area contributed by atoms with E-state index < -0.39 is 0 Å². The summed E-state index contributed by atoms with van der Waals surface area (Å²) in [6, 6.07) is 13.4. The lowest BCUT2D eigenvalue weighted by atomic mass is 9.95. The smallest absolute Gasteiger partial charge is 0.131 e. The molecule has 0 fully saturated rings. The molecule has 0 spiro atoms. The Balaban J connectivity index is 2.51. The molecular formula is C16H18FP. The van der Waals surface area contributed by atoms with Crippen LogP contribution in [0.5, 0.6) is 0 Å². The van der Waals surface area contributed by atoms with Crippen molar-refractivity contribution in [1.82, 2.24) is 0 Å². The third kappa shape index (κ3) is 2.62. The van der Waals surface area contributed by atoms with Crippen molar-refractivity contribution in [2.45, 2.75) is 26.2 Å². The van der Waals surface area contributed by atoms with Gasteiger partial charge < -0.3 is 0 Å². The van der Waals surface area contributed by atoms with E-state index in [1.165, 1.54) is 0 Å². The number of hydrogen-bond acceptors (Lipinski definition) is 0. The Kier molecular flexibility index (Phi) is 4.14. The second-order valence-electron chi connectivity index (χ2n) is 4.64. The Bertz CT molecular complexity index is 511. The summed E-state index contributed by atoms with van der Waals surface area (Å²) in [6.07, 6.45) is 1.02. The van der Waals surface area contributed by atoms with Crippen LogP contribution in [-0.4, -0.2) is 0 Å². The van der Waals surface area contributed by atoms with E-state index in [0.29, 0.717) is 11.5 Å². The van der Waals surface area contributed by atoms with Crippen molar-refractivity contribution >= 4 is 14.5 Å². The lowest BCUT2D eigenvalue weighted by Crippen LogP contribution is -2.05. The summed E-state index contributed by atoms with van der Waals surface area (Å²) in [5, 5.41) is 0.927. The van der Waals surface area contributed by atoms with Gasteiger partial charge in [0.05, 0.1) is 0 Å². The van der Waals surface area contributed by atoms with Gasteiger partial charge in [-0.25, -0.2) is 4.39 Å². The van der Waals surface area contributed by atoms with Gasteiger partial charge in [-0.05, 0) is 34.8 Å². The maximum atomic E-state index is 14.3. The van der Waals surface area contributed by atoms with Gasteiger partial charge >= 0.3 is 0 Å². The molecule has 2 heteroatoms. The summed E-state index contributed by atoms with van der Waals surface area (Å²) in [5.41, 5.74) is 2.68. The molecule has 1 unspecified atom stereocenters. The lowest BCUT2D eigenvalue weighted by molar-refractivity contribution is 0.624. The first kappa shape index (κ1) is 13.2. The average molecular weight is 260 g/mol. The summed E-state index contributed by atoms with van der Waals surface area (Å²) in [4.78, 5) is 0. The summed E-state index contributed by atoms with van der Waals surface area (Å²) >= 11 is 0. The van der Waals surface area contributed by atoms with Crippen LogP contribution in [0.25, 0.3) is 11.1 Å². The van der Waals surface area contributed by atoms with E-state index in [4.69, 9.17) is 0 Å². The van der Waals surface area contributed by atoms with Crippen LogP contribution in [0, 0.1) is 5.82 Å². The van der Waals surface area contributed by atoms with Gasteiger partial charge in [0.15, 0.2) is 0 Å². The number of rotatable bonds is 3. The zero-order valence-electron chi connectivity index (χ0n) is 10.8. The number of benzene rings is 2. The largest absolute Gasteiger partial charge is 0.206 e. The topological polar surface area (TPSA) is 0 Å². The Morgan fingerprint density at radius 2 is 1.83 bits per heavy atom. The van der Waals surface area contributed by atoms with Crippen LogP contribution < -0.4 is 5.30 Å². The molecule has 0 aliphatic rings. The van der Waals surface area contributed by atoms with E-state index in [1.807, 2.05) is 30.3 Å². The average Bonchev–Trinajstić information content (AvgIpc) is 2.38. The van der Waals surface area contributed by atoms with Crippen molar-refractivity contribution in [3.8, 4) is 11.1 Å². The van der Waals surface area contributed by atoms with Crippen molar-refractivity contribution in [2.24, 2.45) is 0 Å². The maximum absolute atomic E-state index is 14.3. The van der Waals surface area contributed by atoms with Crippen LogP contribution in [-0.2, 0) is 0 Å². The molecule has 0 aliphatic heterocycles. The van der Waals surface area contributed by atoms with Crippen LogP contribution in [0.3, 0.4) is 0 Å². The molecule has 0 aliphatic carbocycles. The standard InChI is InChI=1S/C16H18FP/c1-3-11(2)13-9-14(17)16(15(18)10-13)12-7-5-4-6-8-12/h4-11H,3,18H2,1-2H3/t11-/m1/s1. The second-order valence-corrected chi connectivity index (χ2v) is 5.26. The van der Waals surface area contributed by atoms with Crippen molar-refractivity contribution in [2.75, 3.05) is 0 Å².